The van der Waals surface area contributed by atoms with Crippen molar-refractivity contribution in [2.24, 2.45) is 5.92 Å². The first-order valence-corrected chi connectivity index (χ1v) is 13.7. The van der Waals surface area contributed by atoms with Gasteiger partial charge < -0.3 is 35.5 Å². The minimum Gasteiger partial charge on any atom is -0.496 e. The Morgan fingerprint density at radius 2 is 1.51 bits per heavy atom. The molecule has 0 bridgehead atoms. The SMILES string of the molecule is CCC(NC(=O)[C@@]([Si])(CC(C)C)NC(=O)NCc1ccccc1)C(=O)C(=O)NCc1c(OC)cc(OC)cc1OC. The average Bonchev–Trinajstić information content (AvgIpc) is 2.96. The number of amides is 4. The summed E-state index contributed by atoms with van der Waals surface area (Å²) < 4.78 is 16.0. The summed E-state index contributed by atoms with van der Waals surface area (Å²) in [7, 11) is 7.89. The molecule has 0 fully saturated rings. The largest absolute Gasteiger partial charge is 0.496 e. The maximum absolute atomic E-state index is 13.4. The summed E-state index contributed by atoms with van der Waals surface area (Å²) in [6.07, 6.45) is 0.375. The van der Waals surface area contributed by atoms with Crippen LogP contribution in [0.1, 0.15) is 44.7 Å². The molecule has 0 saturated heterocycles. The van der Waals surface area contributed by atoms with Crippen molar-refractivity contribution in [2.75, 3.05) is 21.3 Å². The predicted molar refractivity (Wildman–Crippen MR) is 155 cm³/mol. The maximum Gasteiger partial charge on any atom is 0.315 e. The number of rotatable bonds is 15. The molecule has 4 amide bonds. The second kappa shape index (κ2) is 15.7. The molecule has 2 rings (SSSR count). The van der Waals surface area contributed by atoms with Gasteiger partial charge in [0.05, 0.1) is 49.7 Å². The molecule has 0 aromatic heterocycles. The summed E-state index contributed by atoms with van der Waals surface area (Å²) in [4.78, 5) is 52.0. The zero-order chi connectivity index (χ0) is 30.6. The highest BCUT2D eigenvalue weighted by molar-refractivity contribution is 6.39. The van der Waals surface area contributed by atoms with E-state index in [2.05, 4.69) is 31.5 Å². The fourth-order valence-electron chi connectivity index (χ4n) is 4.13. The summed E-state index contributed by atoms with van der Waals surface area (Å²) in [5.41, 5.74) is 1.40. The van der Waals surface area contributed by atoms with Crippen LogP contribution < -0.4 is 35.5 Å². The van der Waals surface area contributed by atoms with Gasteiger partial charge in [-0.1, -0.05) is 51.1 Å². The zero-order valence-electron chi connectivity index (χ0n) is 24.4. The first-order valence-electron chi connectivity index (χ1n) is 13.2. The summed E-state index contributed by atoms with van der Waals surface area (Å²) in [6.45, 7) is 5.65. The van der Waals surface area contributed by atoms with E-state index in [4.69, 9.17) is 14.2 Å². The second-order valence-corrected chi connectivity index (χ2v) is 10.6. The topological polar surface area (TPSA) is 144 Å². The van der Waals surface area contributed by atoms with E-state index in [0.29, 0.717) is 22.8 Å². The molecule has 12 heteroatoms. The Hall–Kier alpha value is -4.06. The van der Waals surface area contributed by atoms with E-state index in [1.165, 1.54) is 21.3 Å². The normalized spacial score (nSPS) is 12.9. The van der Waals surface area contributed by atoms with Crippen LogP contribution in [0.5, 0.6) is 17.2 Å². The van der Waals surface area contributed by atoms with Gasteiger partial charge in [-0.25, -0.2) is 4.79 Å². The molecule has 1 unspecified atom stereocenters. The van der Waals surface area contributed by atoms with Crippen molar-refractivity contribution in [1.82, 2.24) is 21.3 Å². The molecule has 0 spiro atoms. The minimum atomic E-state index is -1.52. The third-order valence-electron chi connectivity index (χ3n) is 6.22. The van der Waals surface area contributed by atoms with Gasteiger partial charge in [0.25, 0.3) is 5.91 Å². The van der Waals surface area contributed by atoms with Gasteiger partial charge in [-0.3, -0.25) is 14.4 Å². The van der Waals surface area contributed by atoms with Crippen LogP contribution >= 0.6 is 0 Å². The monoisotopic (exact) mass is 583 g/mol. The molecular weight excluding hydrogens is 544 g/mol. The molecule has 41 heavy (non-hydrogen) atoms. The molecule has 0 heterocycles. The van der Waals surface area contributed by atoms with Crippen LogP contribution in [-0.4, -0.2) is 66.4 Å². The number of hydrogen-bond acceptors (Lipinski definition) is 7. The Kier molecular flexibility index (Phi) is 12.7. The molecular formula is C29H39N4O7Si. The van der Waals surface area contributed by atoms with Crippen LogP contribution in [0, 0.1) is 5.92 Å². The summed E-state index contributed by atoms with van der Waals surface area (Å²) in [5.74, 6) is -1.06. The Morgan fingerprint density at radius 3 is 2.02 bits per heavy atom. The second-order valence-electron chi connectivity index (χ2n) is 9.79. The lowest BCUT2D eigenvalue weighted by Crippen LogP contribution is -2.64. The number of ether oxygens (including phenoxy) is 3. The third kappa shape index (κ3) is 9.52. The lowest BCUT2D eigenvalue weighted by molar-refractivity contribution is -0.140. The van der Waals surface area contributed by atoms with E-state index in [-0.39, 0.29) is 31.8 Å². The fraction of sp³-hybridized carbons (Fsp3) is 0.448. The number of benzene rings is 2. The molecule has 0 aliphatic rings. The first-order chi connectivity index (χ1) is 19.5. The molecule has 221 valence electrons. The van der Waals surface area contributed by atoms with Crippen LogP contribution in [0.25, 0.3) is 0 Å². The van der Waals surface area contributed by atoms with Gasteiger partial charge in [-0.15, -0.1) is 0 Å². The van der Waals surface area contributed by atoms with Gasteiger partial charge in [-0.05, 0) is 24.3 Å². The number of carbonyl (C=O) groups is 4. The molecule has 0 saturated carbocycles. The Morgan fingerprint density at radius 1 is 0.902 bits per heavy atom. The van der Waals surface area contributed by atoms with Crippen molar-refractivity contribution in [1.29, 1.82) is 0 Å². The van der Waals surface area contributed by atoms with Crippen LogP contribution in [-0.2, 0) is 27.5 Å². The van der Waals surface area contributed by atoms with E-state index in [0.717, 1.165) is 5.56 Å². The van der Waals surface area contributed by atoms with Crippen LogP contribution in [0.2, 0.25) is 0 Å². The van der Waals surface area contributed by atoms with Gasteiger partial charge in [0.1, 0.15) is 22.4 Å². The highest BCUT2D eigenvalue weighted by Gasteiger charge is 2.38. The predicted octanol–water partition coefficient (Wildman–Crippen LogP) is 2.20. The number of carbonyl (C=O) groups excluding carboxylic acids is 4. The highest BCUT2D eigenvalue weighted by Crippen LogP contribution is 2.33. The van der Waals surface area contributed by atoms with Crippen molar-refractivity contribution < 1.29 is 33.4 Å². The van der Waals surface area contributed by atoms with Crippen LogP contribution in [0.4, 0.5) is 4.79 Å². The number of Topliss-reactive ketones (excluding diaryl/α,β-unsaturated/α-hetero) is 1. The summed E-state index contributed by atoms with van der Waals surface area (Å²) >= 11 is 0. The number of urea groups is 1. The van der Waals surface area contributed by atoms with E-state index in [1.54, 1.807) is 19.1 Å². The Bertz CT molecular complexity index is 1180. The van der Waals surface area contributed by atoms with Crippen LogP contribution in [0.15, 0.2) is 42.5 Å². The van der Waals surface area contributed by atoms with Gasteiger partial charge in [0, 0.05) is 18.7 Å². The Balaban J connectivity index is 2.10. The third-order valence-corrected chi connectivity index (χ3v) is 6.78. The van der Waals surface area contributed by atoms with Crippen molar-refractivity contribution in [3.8, 4) is 17.2 Å². The van der Waals surface area contributed by atoms with Gasteiger partial charge in [-0.2, -0.15) is 0 Å². The number of nitrogens with one attached hydrogen (secondary N) is 4. The number of hydrogen-bond donors (Lipinski definition) is 4. The molecule has 0 aliphatic carbocycles. The quantitative estimate of drug-likeness (QED) is 0.186. The minimum absolute atomic E-state index is 0.00112. The van der Waals surface area contributed by atoms with E-state index in [1.807, 2.05) is 44.2 Å². The first kappa shape index (κ1) is 33.1. The van der Waals surface area contributed by atoms with Crippen molar-refractivity contribution in [3.05, 3.63) is 53.6 Å². The van der Waals surface area contributed by atoms with E-state index < -0.39 is 34.8 Å². The van der Waals surface area contributed by atoms with Gasteiger partial charge in [0.15, 0.2) is 0 Å². The molecule has 2 aromatic carbocycles. The lowest BCUT2D eigenvalue weighted by Gasteiger charge is -2.32. The number of methoxy groups -OCH3 is 3. The maximum atomic E-state index is 13.4. The molecule has 0 aliphatic heterocycles. The molecule has 11 nitrogen and oxygen atoms in total. The molecule has 2 aromatic rings. The fourth-order valence-corrected chi connectivity index (χ4v) is 4.72. The molecule has 3 radical (unpaired) electrons. The van der Waals surface area contributed by atoms with E-state index in [9.17, 15) is 19.2 Å². The summed E-state index contributed by atoms with van der Waals surface area (Å²) in [6, 6.07) is 10.9. The lowest BCUT2D eigenvalue weighted by atomic mass is 10.0. The van der Waals surface area contributed by atoms with Crippen LogP contribution in [0.3, 0.4) is 0 Å². The Labute approximate surface area is 244 Å². The average molecular weight is 584 g/mol. The summed E-state index contributed by atoms with van der Waals surface area (Å²) in [5, 5.41) is 9.08. The van der Waals surface area contributed by atoms with Gasteiger partial charge in [0.2, 0.25) is 11.7 Å². The van der Waals surface area contributed by atoms with Crippen molar-refractivity contribution >= 4 is 33.9 Å². The standard InChI is InChI=1S/C29H39N4O7Si/c1-7-22(25(34)26(35)30-17-21-23(39-5)13-20(38-4)14-24(21)40-6)32-27(36)29(41,15-18(2)3)33-28(37)31-16-19-11-9-8-10-12-19/h8-14,18,22H,7,15-17H2,1-6H3,(H,30,35)(H,32,36)(H2,31,33,37)/t22?,29-/m0/s1. The van der Waals surface area contributed by atoms with Gasteiger partial charge >= 0.3 is 6.03 Å². The van der Waals surface area contributed by atoms with Crippen molar-refractivity contribution in [3.63, 3.8) is 0 Å². The van der Waals surface area contributed by atoms with Crippen molar-refractivity contribution in [2.45, 2.75) is 57.9 Å². The smallest absolute Gasteiger partial charge is 0.315 e. The zero-order valence-corrected chi connectivity index (χ0v) is 25.4. The highest BCUT2D eigenvalue weighted by atomic mass is 28.1. The molecule has 2 atom stereocenters. The van der Waals surface area contributed by atoms with E-state index >= 15 is 0 Å². The number of ketones is 1. The molecule has 4 N–H and O–H groups in total.